The van der Waals surface area contributed by atoms with Gasteiger partial charge >= 0.3 is 0 Å². The van der Waals surface area contributed by atoms with E-state index in [0.717, 1.165) is 18.8 Å². The summed E-state index contributed by atoms with van der Waals surface area (Å²) < 4.78 is 3.68. The van der Waals surface area contributed by atoms with Gasteiger partial charge in [-0.05, 0) is 57.8 Å². The van der Waals surface area contributed by atoms with Crippen molar-refractivity contribution in [1.29, 1.82) is 0 Å². The number of halogens is 2. The first kappa shape index (κ1) is 13.3. The van der Waals surface area contributed by atoms with Gasteiger partial charge in [-0.25, -0.2) is 0 Å². The molecular formula is C11H12Br2N2OS. The Labute approximate surface area is 121 Å². The van der Waals surface area contributed by atoms with Crippen LogP contribution in [0.25, 0.3) is 0 Å². The molecule has 1 unspecified atom stereocenters. The monoisotopic (exact) mass is 378 g/mol. The number of thiophene rings is 1. The highest BCUT2D eigenvalue weighted by Gasteiger charge is 2.22. The molecule has 0 saturated carbocycles. The lowest BCUT2D eigenvalue weighted by Gasteiger charge is -2.15. The van der Waals surface area contributed by atoms with Crippen LogP contribution in [-0.4, -0.2) is 14.9 Å². The average Bonchev–Trinajstić information content (AvgIpc) is 2.83. The Morgan fingerprint density at radius 2 is 2.06 bits per heavy atom. The highest BCUT2D eigenvalue weighted by Crippen LogP contribution is 2.35. The molecule has 0 fully saturated rings. The van der Waals surface area contributed by atoms with Crippen molar-refractivity contribution in [1.82, 2.24) is 9.78 Å². The smallest absolute Gasteiger partial charge is 0.131 e. The molecule has 6 heteroatoms. The minimum atomic E-state index is -0.648. The Hall–Kier alpha value is -0.170. The first-order valence-electron chi connectivity index (χ1n) is 5.17. The number of nitrogens with zero attached hydrogens (tertiary/aromatic N) is 2. The first-order chi connectivity index (χ1) is 8.00. The summed E-state index contributed by atoms with van der Waals surface area (Å²) in [6.07, 6.45) is 1.08. The SMILES string of the molecule is CC(C)n1ncc(Br)c1C(O)c1ccc(Br)s1. The van der Waals surface area contributed by atoms with Crippen molar-refractivity contribution in [2.75, 3.05) is 0 Å². The van der Waals surface area contributed by atoms with Crippen LogP contribution in [0.4, 0.5) is 0 Å². The molecule has 2 rings (SSSR count). The minimum Gasteiger partial charge on any atom is -0.381 e. The number of hydrogen-bond donors (Lipinski definition) is 1. The molecule has 3 nitrogen and oxygen atoms in total. The molecular weight excluding hydrogens is 368 g/mol. The summed E-state index contributed by atoms with van der Waals surface area (Å²) >= 11 is 8.37. The molecule has 0 saturated heterocycles. The highest BCUT2D eigenvalue weighted by molar-refractivity contribution is 9.11. The number of hydrogen-bond acceptors (Lipinski definition) is 3. The van der Waals surface area contributed by atoms with Crippen LogP contribution in [0.5, 0.6) is 0 Å². The number of aliphatic hydroxyl groups excluding tert-OH is 1. The van der Waals surface area contributed by atoms with Gasteiger partial charge in [0.15, 0.2) is 0 Å². The second-order valence-corrected chi connectivity index (χ2v) is 7.31. The van der Waals surface area contributed by atoms with Crippen molar-refractivity contribution in [3.8, 4) is 0 Å². The molecule has 0 aliphatic rings. The van der Waals surface area contributed by atoms with Crippen LogP contribution >= 0.6 is 43.2 Å². The molecule has 92 valence electrons. The second-order valence-electron chi connectivity index (χ2n) is 3.96. The van der Waals surface area contributed by atoms with Gasteiger partial charge in [0.1, 0.15) is 6.10 Å². The van der Waals surface area contributed by atoms with E-state index in [2.05, 4.69) is 37.0 Å². The molecule has 0 amide bonds. The first-order valence-corrected chi connectivity index (χ1v) is 7.57. The molecule has 1 atom stereocenters. The lowest BCUT2D eigenvalue weighted by molar-refractivity contribution is 0.208. The van der Waals surface area contributed by atoms with Gasteiger partial charge in [-0.1, -0.05) is 0 Å². The van der Waals surface area contributed by atoms with Crippen LogP contribution in [0.2, 0.25) is 0 Å². The standard InChI is InChI=1S/C11H12Br2N2OS/c1-6(2)15-10(7(12)5-14-15)11(16)8-3-4-9(13)17-8/h3-6,11,16H,1-2H3. The average molecular weight is 380 g/mol. The van der Waals surface area contributed by atoms with E-state index in [1.807, 2.05) is 30.7 Å². The summed E-state index contributed by atoms with van der Waals surface area (Å²) in [5, 5.41) is 14.7. The third-order valence-corrected chi connectivity index (χ3v) is 4.69. The molecule has 0 aromatic carbocycles. The fourth-order valence-corrected chi connectivity index (χ4v) is 3.53. The van der Waals surface area contributed by atoms with Crippen LogP contribution in [0.3, 0.4) is 0 Å². The summed E-state index contributed by atoms with van der Waals surface area (Å²) in [6.45, 7) is 4.08. The van der Waals surface area contributed by atoms with Crippen LogP contribution < -0.4 is 0 Å². The highest BCUT2D eigenvalue weighted by atomic mass is 79.9. The third kappa shape index (κ3) is 2.65. The lowest BCUT2D eigenvalue weighted by Crippen LogP contribution is -2.11. The zero-order valence-corrected chi connectivity index (χ0v) is 13.4. The Morgan fingerprint density at radius 1 is 1.35 bits per heavy atom. The normalized spacial score (nSPS) is 13.3. The summed E-state index contributed by atoms with van der Waals surface area (Å²) in [6, 6.07) is 4.07. The van der Waals surface area contributed by atoms with E-state index in [4.69, 9.17) is 0 Å². The lowest BCUT2D eigenvalue weighted by atomic mass is 10.2. The molecule has 2 aromatic rings. The van der Waals surface area contributed by atoms with Crippen molar-refractivity contribution in [3.63, 3.8) is 0 Å². The fourth-order valence-electron chi connectivity index (χ4n) is 1.63. The van der Waals surface area contributed by atoms with E-state index in [-0.39, 0.29) is 6.04 Å². The van der Waals surface area contributed by atoms with Gasteiger partial charge in [0, 0.05) is 10.9 Å². The van der Waals surface area contributed by atoms with Crippen molar-refractivity contribution in [2.24, 2.45) is 0 Å². The van der Waals surface area contributed by atoms with Crippen LogP contribution in [0, 0.1) is 0 Å². The van der Waals surface area contributed by atoms with Gasteiger partial charge in [0.2, 0.25) is 0 Å². The van der Waals surface area contributed by atoms with E-state index >= 15 is 0 Å². The molecule has 2 heterocycles. The predicted molar refractivity (Wildman–Crippen MR) is 76.4 cm³/mol. The zero-order valence-electron chi connectivity index (χ0n) is 9.39. The van der Waals surface area contributed by atoms with E-state index in [0.29, 0.717) is 0 Å². The van der Waals surface area contributed by atoms with E-state index in [9.17, 15) is 5.11 Å². The Morgan fingerprint density at radius 3 is 2.59 bits per heavy atom. The van der Waals surface area contributed by atoms with Crippen molar-refractivity contribution >= 4 is 43.2 Å². The Bertz CT molecular complexity index is 521. The van der Waals surface area contributed by atoms with Crippen LogP contribution in [-0.2, 0) is 0 Å². The summed E-state index contributed by atoms with van der Waals surface area (Å²) in [5.41, 5.74) is 0.800. The molecule has 0 radical (unpaired) electrons. The van der Waals surface area contributed by atoms with Gasteiger partial charge in [0.05, 0.1) is 20.1 Å². The third-order valence-electron chi connectivity index (χ3n) is 2.40. The zero-order chi connectivity index (χ0) is 12.6. The number of rotatable bonds is 3. The molecule has 0 spiro atoms. The van der Waals surface area contributed by atoms with Crippen LogP contribution in [0.15, 0.2) is 26.6 Å². The number of aliphatic hydroxyl groups is 1. The van der Waals surface area contributed by atoms with E-state index in [1.54, 1.807) is 6.20 Å². The van der Waals surface area contributed by atoms with Crippen LogP contribution in [0.1, 0.15) is 36.6 Å². The predicted octanol–water partition coefficient (Wildman–Crippen LogP) is 4.13. The summed E-state index contributed by atoms with van der Waals surface area (Å²) in [7, 11) is 0. The number of aromatic nitrogens is 2. The maximum Gasteiger partial charge on any atom is 0.131 e. The van der Waals surface area contributed by atoms with Crippen molar-refractivity contribution < 1.29 is 5.11 Å². The molecule has 0 bridgehead atoms. The Balaban J connectivity index is 2.43. The molecule has 1 N–H and O–H groups in total. The molecule has 0 aliphatic heterocycles. The molecule has 0 aliphatic carbocycles. The van der Waals surface area contributed by atoms with Gasteiger partial charge in [-0.3, -0.25) is 4.68 Å². The Kier molecular flexibility index (Phi) is 4.07. The second kappa shape index (κ2) is 5.22. The maximum absolute atomic E-state index is 10.4. The topological polar surface area (TPSA) is 38.0 Å². The summed E-state index contributed by atoms with van der Waals surface area (Å²) in [4.78, 5) is 0.903. The van der Waals surface area contributed by atoms with Gasteiger partial charge < -0.3 is 5.11 Å². The molecule has 17 heavy (non-hydrogen) atoms. The van der Waals surface area contributed by atoms with Gasteiger partial charge in [0.25, 0.3) is 0 Å². The van der Waals surface area contributed by atoms with Gasteiger partial charge in [-0.2, -0.15) is 5.10 Å². The van der Waals surface area contributed by atoms with Crippen molar-refractivity contribution in [3.05, 3.63) is 37.2 Å². The summed E-state index contributed by atoms with van der Waals surface area (Å²) in [5.74, 6) is 0. The van der Waals surface area contributed by atoms with E-state index < -0.39 is 6.10 Å². The van der Waals surface area contributed by atoms with Crippen molar-refractivity contribution in [2.45, 2.75) is 26.0 Å². The fraction of sp³-hybridized carbons (Fsp3) is 0.364. The quantitative estimate of drug-likeness (QED) is 0.870. The molecule has 2 aromatic heterocycles. The van der Waals surface area contributed by atoms with E-state index in [1.165, 1.54) is 11.3 Å². The van der Waals surface area contributed by atoms with Gasteiger partial charge in [-0.15, -0.1) is 11.3 Å². The minimum absolute atomic E-state index is 0.217. The maximum atomic E-state index is 10.4. The largest absolute Gasteiger partial charge is 0.381 e.